The van der Waals surface area contributed by atoms with Crippen LogP contribution >= 0.6 is 0 Å². The van der Waals surface area contributed by atoms with Crippen molar-refractivity contribution in [2.45, 2.75) is 0 Å². The standard InChI is InChI=1S/C22H18N4/c23-25-21(19-11-15-7-3-1-4-8-16(15)12-19)22(26-24)20-13-17-9-5-2-6-10-18(17)14-20/h1-14H,23-24H2/b25-21+,26-22+. The van der Waals surface area contributed by atoms with E-state index in [4.69, 9.17) is 11.7 Å². The second kappa shape index (κ2) is 6.69. The number of hydrogen-bond acceptors (Lipinski definition) is 4. The summed E-state index contributed by atoms with van der Waals surface area (Å²) in [5.41, 5.74) is 7.40. The van der Waals surface area contributed by atoms with Crippen molar-refractivity contribution in [3.8, 4) is 22.3 Å². The van der Waals surface area contributed by atoms with Crippen LogP contribution in [0, 0.1) is 0 Å². The van der Waals surface area contributed by atoms with E-state index in [1.165, 1.54) is 0 Å². The first-order chi connectivity index (χ1) is 12.8. The first-order valence-electron chi connectivity index (χ1n) is 8.34. The lowest BCUT2D eigenvalue weighted by Gasteiger charge is -2.05. The highest BCUT2D eigenvalue weighted by molar-refractivity contribution is 6.54. The van der Waals surface area contributed by atoms with Crippen LogP contribution in [-0.2, 0) is 0 Å². The first kappa shape index (κ1) is 15.8. The molecule has 0 saturated heterocycles. The third-order valence-electron chi connectivity index (χ3n) is 4.49. The largest absolute Gasteiger partial charge is 0.323 e. The predicted octanol–water partition coefficient (Wildman–Crippen LogP) is 3.92. The van der Waals surface area contributed by atoms with Crippen molar-refractivity contribution in [2.75, 3.05) is 0 Å². The van der Waals surface area contributed by atoms with Crippen LogP contribution in [0.1, 0.15) is 11.1 Å². The average Bonchev–Trinajstić information content (AvgIpc) is 3.08. The Kier molecular flexibility index (Phi) is 4.07. The van der Waals surface area contributed by atoms with Gasteiger partial charge >= 0.3 is 0 Å². The van der Waals surface area contributed by atoms with Gasteiger partial charge in [0.2, 0.25) is 0 Å². The summed E-state index contributed by atoms with van der Waals surface area (Å²) >= 11 is 0. The summed E-state index contributed by atoms with van der Waals surface area (Å²) < 4.78 is 0. The van der Waals surface area contributed by atoms with E-state index < -0.39 is 0 Å². The molecular weight excluding hydrogens is 320 g/mol. The molecule has 0 aromatic rings. The van der Waals surface area contributed by atoms with E-state index in [0.717, 1.165) is 33.4 Å². The number of nitrogens with two attached hydrogens (primary N) is 2. The Hall–Kier alpha value is -3.66. The SMILES string of the molecule is N/N=C(/C(=N/N)c1cc2cccccc-2c1)c1cc2cccccc-2c1. The summed E-state index contributed by atoms with van der Waals surface area (Å²) in [6, 6.07) is 28.5. The van der Waals surface area contributed by atoms with E-state index in [2.05, 4.69) is 58.7 Å². The minimum Gasteiger partial charge on any atom is -0.323 e. The van der Waals surface area contributed by atoms with Crippen molar-refractivity contribution in [1.82, 2.24) is 0 Å². The third kappa shape index (κ3) is 2.78. The predicted molar refractivity (Wildman–Crippen MR) is 108 cm³/mol. The lowest BCUT2D eigenvalue weighted by atomic mass is 10.0. The maximum Gasteiger partial charge on any atom is 0.118 e. The molecule has 126 valence electrons. The van der Waals surface area contributed by atoms with Gasteiger partial charge in [-0.25, -0.2) is 0 Å². The van der Waals surface area contributed by atoms with Crippen LogP contribution in [0.15, 0.2) is 95.1 Å². The highest BCUT2D eigenvalue weighted by Crippen LogP contribution is 2.29. The van der Waals surface area contributed by atoms with Crippen LogP contribution in [0.2, 0.25) is 0 Å². The van der Waals surface area contributed by atoms with E-state index in [-0.39, 0.29) is 0 Å². The summed E-state index contributed by atoms with van der Waals surface area (Å²) in [5, 5.41) is 8.01. The van der Waals surface area contributed by atoms with Gasteiger partial charge in [0.05, 0.1) is 0 Å². The molecule has 0 aliphatic heterocycles. The molecule has 4 N–H and O–H groups in total. The van der Waals surface area contributed by atoms with Gasteiger partial charge in [-0.3, -0.25) is 0 Å². The topological polar surface area (TPSA) is 76.8 Å². The van der Waals surface area contributed by atoms with Crippen molar-refractivity contribution in [3.63, 3.8) is 0 Å². The molecule has 0 aromatic carbocycles. The van der Waals surface area contributed by atoms with Gasteiger partial charge in [0.25, 0.3) is 0 Å². The van der Waals surface area contributed by atoms with Crippen molar-refractivity contribution in [2.24, 2.45) is 21.9 Å². The van der Waals surface area contributed by atoms with Crippen molar-refractivity contribution >= 4 is 11.4 Å². The minimum atomic E-state index is 0.575. The van der Waals surface area contributed by atoms with Crippen LogP contribution in [0.25, 0.3) is 22.3 Å². The van der Waals surface area contributed by atoms with E-state index in [1.54, 1.807) is 0 Å². The fourth-order valence-corrected chi connectivity index (χ4v) is 3.25. The Bertz CT molecular complexity index is 917. The van der Waals surface area contributed by atoms with Crippen LogP contribution in [0.4, 0.5) is 0 Å². The maximum absolute atomic E-state index is 5.73. The maximum atomic E-state index is 5.73. The van der Waals surface area contributed by atoms with Gasteiger partial charge in [0.15, 0.2) is 0 Å². The molecule has 0 bridgehead atoms. The molecule has 26 heavy (non-hydrogen) atoms. The Labute approximate surface area is 152 Å². The number of hydrazone groups is 2. The summed E-state index contributed by atoms with van der Waals surface area (Å²) in [6.45, 7) is 0. The van der Waals surface area contributed by atoms with Gasteiger partial charge < -0.3 is 11.7 Å². The molecule has 0 saturated carbocycles. The smallest absolute Gasteiger partial charge is 0.118 e. The highest BCUT2D eigenvalue weighted by Gasteiger charge is 2.19. The molecule has 0 atom stereocenters. The van der Waals surface area contributed by atoms with Gasteiger partial charge in [-0.15, -0.1) is 0 Å². The highest BCUT2D eigenvalue weighted by atomic mass is 15.2. The fourth-order valence-electron chi connectivity index (χ4n) is 3.25. The van der Waals surface area contributed by atoms with E-state index in [1.807, 2.05) is 36.4 Å². The second-order valence-electron chi connectivity index (χ2n) is 6.09. The summed E-state index contributed by atoms with van der Waals surface area (Å²) in [4.78, 5) is 0. The van der Waals surface area contributed by atoms with Gasteiger partial charge in [0, 0.05) is 11.1 Å². The zero-order chi connectivity index (χ0) is 17.9. The Morgan fingerprint density at radius 2 is 0.808 bits per heavy atom. The molecule has 4 rings (SSSR count). The monoisotopic (exact) mass is 338 g/mol. The number of nitrogens with zero attached hydrogens (tertiary/aromatic N) is 2. The third-order valence-corrected chi connectivity index (χ3v) is 4.49. The van der Waals surface area contributed by atoms with E-state index >= 15 is 0 Å². The molecular formula is C22H18N4. The van der Waals surface area contributed by atoms with Crippen molar-refractivity contribution in [1.29, 1.82) is 0 Å². The number of fused-ring (bicyclic) bond motifs is 2. The molecule has 0 amide bonds. The van der Waals surface area contributed by atoms with Gasteiger partial charge in [-0.05, 0) is 46.5 Å². The molecule has 4 aliphatic carbocycles. The van der Waals surface area contributed by atoms with E-state index in [0.29, 0.717) is 11.4 Å². The minimum absolute atomic E-state index is 0.575. The van der Waals surface area contributed by atoms with Crippen LogP contribution in [0.5, 0.6) is 0 Å². The Balaban J connectivity index is 1.82. The Morgan fingerprint density at radius 1 is 0.500 bits per heavy atom. The Morgan fingerprint density at radius 3 is 1.08 bits per heavy atom. The van der Waals surface area contributed by atoms with Gasteiger partial charge in [-0.1, -0.05) is 60.7 Å². The summed E-state index contributed by atoms with van der Waals surface area (Å²) in [5.74, 6) is 11.5. The average molecular weight is 338 g/mol. The van der Waals surface area contributed by atoms with E-state index in [9.17, 15) is 0 Å². The normalized spacial score (nSPS) is 12.6. The van der Waals surface area contributed by atoms with Gasteiger partial charge in [-0.2, -0.15) is 10.2 Å². The summed E-state index contributed by atoms with van der Waals surface area (Å²) in [7, 11) is 0. The second-order valence-corrected chi connectivity index (χ2v) is 6.09. The molecule has 4 aliphatic rings. The van der Waals surface area contributed by atoms with Crippen molar-refractivity contribution in [3.05, 3.63) is 96.1 Å². The van der Waals surface area contributed by atoms with Crippen molar-refractivity contribution < 1.29 is 0 Å². The molecule has 0 spiro atoms. The molecule has 4 nitrogen and oxygen atoms in total. The lowest BCUT2D eigenvalue weighted by molar-refractivity contribution is 1.23. The molecule has 0 fully saturated rings. The quantitative estimate of drug-likeness (QED) is 0.337. The van der Waals surface area contributed by atoms with Crippen LogP contribution < -0.4 is 11.7 Å². The summed E-state index contributed by atoms with van der Waals surface area (Å²) in [6.07, 6.45) is 0. The van der Waals surface area contributed by atoms with Crippen LogP contribution in [-0.4, -0.2) is 11.4 Å². The van der Waals surface area contributed by atoms with Crippen LogP contribution in [0.3, 0.4) is 0 Å². The zero-order valence-electron chi connectivity index (χ0n) is 14.1. The zero-order valence-corrected chi connectivity index (χ0v) is 14.1. The molecule has 0 unspecified atom stereocenters. The molecule has 0 radical (unpaired) electrons. The number of rotatable bonds is 3. The molecule has 0 heterocycles. The lowest BCUT2D eigenvalue weighted by Crippen LogP contribution is -2.19. The first-order valence-corrected chi connectivity index (χ1v) is 8.34. The number of hydrogen-bond donors (Lipinski definition) is 2. The molecule has 0 aromatic heterocycles. The molecule has 4 heteroatoms. The fraction of sp³-hybridized carbons (Fsp3) is 0. The van der Waals surface area contributed by atoms with Gasteiger partial charge in [0.1, 0.15) is 11.4 Å².